The van der Waals surface area contributed by atoms with Crippen molar-refractivity contribution in [3.05, 3.63) is 29.8 Å². The summed E-state index contributed by atoms with van der Waals surface area (Å²) in [5.74, 6) is -0.728. The van der Waals surface area contributed by atoms with Gasteiger partial charge in [-0.2, -0.15) is 0 Å². The highest BCUT2D eigenvalue weighted by Crippen LogP contribution is 2.27. The van der Waals surface area contributed by atoms with Gasteiger partial charge in [0.2, 0.25) is 0 Å². The third kappa shape index (κ3) is 3.44. The predicted octanol–water partition coefficient (Wildman–Crippen LogP) is 4.74. The van der Waals surface area contributed by atoms with Crippen molar-refractivity contribution >= 4 is 5.69 Å². The summed E-state index contributed by atoms with van der Waals surface area (Å²) in [4.78, 5) is 0. The van der Waals surface area contributed by atoms with Crippen molar-refractivity contribution in [1.82, 2.24) is 0 Å². The van der Waals surface area contributed by atoms with E-state index in [9.17, 15) is 8.78 Å². The molecule has 1 nitrogen and oxygen atoms in total. The number of hydrogen-bond acceptors (Lipinski definition) is 1. The van der Waals surface area contributed by atoms with Gasteiger partial charge < -0.3 is 5.32 Å². The Morgan fingerprint density at radius 2 is 1.94 bits per heavy atom. The summed E-state index contributed by atoms with van der Waals surface area (Å²) in [7, 11) is 0. The zero-order valence-corrected chi connectivity index (χ0v) is 10.9. The van der Waals surface area contributed by atoms with Crippen LogP contribution < -0.4 is 5.32 Å². The van der Waals surface area contributed by atoms with Gasteiger partial charge in [-0.15, -0.1) is 0 Å². The minimum Gasteiger partial charge on any atom is -0.382 e. The topological polar surface area (TPSA) is 12.0 Å². The van der Waals surface area contributed by atoms with Crippen molar-refractivity contribution < 1.29 is 8.78 Å². The van der Waals surface area contributed by atoms with E-state index in [2.05, 4.69) is 12.2 Å². The molecule has 1 aromatic carbocycles. The average molecular weight is 253 g/mol. The Balaban J connectivity index is 1.94. The predicted molar refractivity (Wildman–Crippen MR) is 70.6 cm³/mol. The van der Waals surface area contributed by atoms with Crippen LogP contribution in [0.25, 0.3) is 0 Å². The lowest BCUT2D eigenvalue weighted by Crippen LogP contribution is -2.18. The van der Waals surface area contributed by atoms with E-state index in [1.165, 1.54) is 37.8 Å². The summed E-state index contributed by atoms with van der Waals surface area (Å²) >= 11 is 0. The standard InChI is InChI=1S/C15H21F2N/c1-2-11-4-3-5-12(7-6-11)18-13-8-9-14(16)15(17)10-13/h8-12,18H,2-7H2,1H3. The van der Waals surface area contributed by atoms with Crippen LogP contribution in [0.3, 0.4) is 0 Å². The zero-order valence-electron chi connectivity index (χ0n) is 10.9. The second-order valence-corrected chi connectivity index (χ2v) is 5.25. The van der Waals surface area contributed by atoms with Crippen LogP contribution in [0, 0.1) is 17.6 Å². The van der Waals surface area contributed by atoms with Gasteiger partial charge in [0.25, 0.3) is 0 Å². The highest BCUT2D eigenvalue weighted by molar-refractivity contribution is 5.44. The Labute approximate surface area is 108 Å². The maximum atomic E-state index is 13.1. The molecule has 18 heavy (non-hydrogen) atoms. The molecule has 0 amide bonds. The van der Waals surface area contributed by atoms with Crippen molar-refractivity contribution in [3.8, 4) is 0 Å². The fraction of sp³-hybridized carbons (Fsp3) is 0.600. The highest BCUT2D eigenvalue weighted by atomic mass is 19.2. The first-order valence-corrected chi connectivity index (χ1v) is 6.90. The first kappa shape index (κ1) is 13.3. The van der Waals surface area contributed by atoms with Crippen LogP contribution in [-0.2, 0) is 0 Å². The van der Waals surface area contributed by atoms with Crippen molar-refractivity contribution in [1.29, 1.82) is 0 Å². The third-order valence-corrected chi connectivity index (χ3v) is 3.96. The van der Waals surface area contributed by atoms with Gasteiger partial charge in [-0.1, -0.05) is 26.2 Å². The summed E-state index contributed by atoms with van der Waals surface area (Å²) in [6.07, 6.45) is 7.25. The van der Waals surface area contributed by atoms with E-state index in [0.717, 1.165) is 18.8 Å². The molecule has 2 atom stereocenters. The molecule has 2 unspecified atom stereocenters. The molecule has 0 bridgehead atoms. The number of anilines is 1. The van der Waals surface area contributed by atoms with Gasteiger partial charge in [-0.3, -0.25) is 0 Å². The molecule has 100 valence electrons. The first-order chi connectivity index (χ1) is 8.69. The van der Waals surface area contributed by atoms with E-state index < -0.39 is 11.6 Å². The average Bonchev–Trinajstić information content (AvgIpc) is 2.59. The lowest BCUT2D eigenvalue weighted by molar-refractivity contribution is 0.444. The van der Waals surface area contributed by atoms with Gasteiger partial charge >= 0.3 is 0 Å². The summed E-state index contributed by atoms with van der Waals surface area (Å²) in [6.45, 7) is 2.24. The Hall–Kier alpha value is -1.12. The number of nitrogens with one attached hydrogen (secondary N) is 1. The van der Waals surface area contributed by atoms with Crippen molar-refractivity contribution in [2.75, 3.05) is 5.32 Å². The monoisotopic (exact) mass is 253 g/mol. The van der Waals surface area contributed by atoms with Gasteiger partial charge in [-0.25, -0.2) is 8.78 Å². The number of benzene rings is 1. The third-order valence-electron chi connectivity index (χ3n) is 3.96. The van der Waals surface area contributed by atoms with Crippen molar-refractivity contribution in [2.24, 2.45) is 5.92 Å². The summed E-state index contributed by atoms with van der Waals surface area (Å²) in [6, 6.07) is 4.44. The normalized spacial score (nSPS) is 24.6. The van der Waals surface area contributed by atoms with Crippen LogP contribution in [0.1, 0.15) is 45.4 Å². The van der Waals surface area contributed by atoms with Crippen LogP contribution in [-0.4, -0.2) is 6.04 Å². The van der Waals surface area contributed by atoms with Crippen LogP contribution in [0.5, 0.6) is 0 Å². The Kier molecular flexibility index (Phi) is 4.56. The molecular formula is C15H21F2N. The molecule has 1 aliphatic carbocycles. The van der Waals surface area contributed by atoms with Crippen LogP contribution in [0.4, 0.5) is 14.5 Å². The van der Waals surface area contributed by atoms with Crippen LogP contribution in [0.15, 0.2) is 18.2 Å². The summed E-state index contributed by atoms with van der Waals surface area (Å²) < 4.78 is 26.0. The molecule has 2 rings (SSSR count). The quantitative estimate of drug-likeness (QED) is 0.767. The SMILES string of the molecule is CCC1CCCC(Nc2ccc(F)c(F)c2)CC1. The number of halogens is 2. The van der Waals surface area contributed by atoms with E-state index in [0.29, 0.717) is 11.7 Å². The molecule has 1 saturated carbocycles. The minimum absolute atomic E-state index is 0.395. The molecule has 1 N–H and O–H groups in total. The second-order valence-electron chi connectivity index (χ2n) is 5.25. The van der Waals surface area contributed by atoms with Crippen molar-refractivity contribution in [3.63, 3.8) is 0 Å². The lowest BCUT2D eigenvalue weighted by atomic mass is 9.98. The molecule has 0 spiro atoms. The molecule has 0 heterocycles. The summed E-state index contributed by atoms with van der Waals surface area (Å²) in [5.41, 5.74) is 0.689. The van der Waals surface area contributed by atoms with E-state index in [4.69, 9.17) is 0 Å². The van der Waals surface area contributed by atoms with Gasteiger partial charge in [0.05, 0.1) is 0 Å². The van der Waals surface area contributed by atoms with E-state index in [1.807, 2.05) is 0 Å². The minimum atomic E-state index is -0.785. The van der Waals surface area contributed by atoms with E-state index in [1.54, 1.807) is 6.07 Å². The number of hydrogen-bond donors (Lipinski definition) is 1. The van der Waals surface area contributed by atoms with E-state index >= 15 is 0 Å². The molecule has 0 aromatic heterocycles. The molecule has 3 heteroatoms. The van der Waals surface area contributed by atoms with Crippen molar-refractivity contribution in [2.45, 2.75) is 51.5 Å². The fourth-order valence-corrected chi connectivity index (χ4v) is 2.75. The Morgan fingerprint density at radius 3 is 2.67 bits per heavy atom. The molecule has 1 aliphatic rings. The highest BCUT2D eigenvalue weighted by Gasteiger charge is 2.17. The second kappa shape index (κ2) is 6.17. The molecule has 1 fully saturated rings. The lowest BCUT2D eigenvalue weighted by Gasteiger charge is -2.18. The van der Waals surface area contributed by atoms with Gasteiger partial charge in [0.15, 0.2) is 11.6 Å². The first-order valence-electron chi connectivity index (χ1n) is 6.90. The fourth-order valence-electron chi connectivity index (χ4n) is 2.75. The summed E-state index contributed by atoms with van der Waals surface area (Å²) in [5, 5.41) is 3.33. The van der Waals surface area contributed by atoms with Gasteiger partial charge in [0, 0.05) is 17.8 Å². The molecular weight excluding hydrogens is 232 g/mol. The maximum absolute atomic E-state index is 13.1. The van der Waals surface area contributed by atoms with E-state index in [-0.39, 0.29) is 0 Å². The Bertz CT molecular complexity index is 392. The molecule has 0 aliphatic heterocycles. The van der Waals surface area contributed by atoms with Crippen LogP contribution >= 0.6 is 0 Å². The zero-order chi connectivity index (χ0) is 13.0. The van der Waals surface area contributed by atoms with Gasteiger partial charge in [-0.05, 0) is 37.3 Å². The van der Waals surface area contributed by atoms with Gasteiger partial charge in [0.1, 0.15) is 0 Å². The maximum Gasteiger partial charge on any atom is 0.160 e. The molecule has 1 aromatic rings. The number of rotatable bonds is 3. The molecule has 0 saturated heterocycles. The Morgan fingerprint density at radius 1 is 1.11 bits per heavy atom. The smallest absolute Gasteiger partial charge is 0.160 e. The molecule has 0 radical (unpaired) electrons. The van der Waals surface area contributed by atoms with Crippen LogP contribution in [0.2, 0.25) is 0 Å². The largest absolute Gasteiger partial charge is 0.382 e.